The smallest absolute Gasteiger partial charge is 0.247 e. The second-order valence-electron chi connectivity index (χ2n) is 9.21. The molecule has 2 amide bonds. The fourth-order valence-corrected chi connectivity index (χ4v) is 4.48. The number of rotatable bonds is 12. The van der Waals surface area contributed by atoms with Crippen molar-refractivity contribution in [3.8, 4) is 0 Å². The van der Waals surface area contributed by atoms with E-state index in [9.17, 15) is 19.6 Å². The summed E-state index contributed by atoms with van der Waals surface area (Å²) in [6.07, 6.45) is 4.16. The first kappa shape index (κ1) is 25.9. The minimum absolute atomic E-state index is 0.112. The van der Waals surface area contributed by atoms with Gasteiger partial charge in [0.15, 0.2) is 5.78 Å². The number of benzene rings is 2. The van der Waals surface area contributed by atoms with Crippen LogP contribution in [0.2, 0.25) is 0 Å². The molecule has 0 aliphatic carbocycles. The molecule has 184 valence electrons. The number of carbonyl (C=O) groups excluding carboxylic acids is 3. The van der Waals surface area contributed by atoms with E-state index in [2.05, 4.69) is 16.9 Å². The number of hydrogen-bond donors (Lipinski definition) is 4. The number of Topliss-reactive ketones (excluding diaryl/α,β-unsaturated/α-hetero) is 1. The third kappa shape index (κ3) is 6.45. The van der Waals surface area contributed by atoms with Crippen molar-refractivity contribution in [3.05, 3.63) is 84.6 Å². The van der Waals surface area contributed by atoms with Gasteiger partial charge in [-0.1, -0.05) is 68.5 Å². The lowest BCUT2D eigenvalue weighted by Crippen LogP contribution is -2.48. The van der Waals surface area contributed by atoms with Crippen molar-refractivity contribution in [2.45, 2.75) is 39.2 Å². The average Bonchev–Trinajstić information content (AvgIpc) is 3.29. The fourth-order valence-electron chi connectivity index (χ4n) is 4.48. The summed E-state index contributed by atoms with van der Waals surface area (Å²) in [5, 5.41) is 13.0. The van der Waals surface area contributed by atoms with Crippen molar-refractivity contribution in [2.75, 3.05) is 0 Å². The quantitative estimate of drug-likeness (QED) is 0.134. The minimum Gasteiger partial charge on any atom is -0.360 e. The highest BCUT2D eigenvalue weighted by atomic mass is 16.5. The molecule has 35 heavy (non-hydrogen) atoms. The molecule has 0 bridgehead atoms. The Hall–Kier alpha value is -3.71. The maximum Gasteiger partial charge on any atom is 0.247 e. The lowest BCUT2D eigenvalue weighted by Gasteiger charge is -2.28. The Morgan fingerprint density at radius 3 is 2.34 bits per heavy atom. The van der Waals surface area contributed by atoms with Gasteiger partial charge >= 0.3 is 0 Å². The number of aromatic amines is 1. The Balaban J connectivity index is 1.95. The normalized spacial score (nSPS) is 13.7. The zero-order chi connectivity index (χ0) is 25.4. The Kier molecular flexibility index (Phi) is 8.98. The number of aromatic nitrogens is 1. The molecule has 3 atom stereocenters. The van der Waals surface area contributed by atoms with E-state index in [4.69, 9.17) is 0 Å². The molecule has 3 aromatic rings. The SMILES string of the molecule is C=CC[C@H](C(=O)NO)[C@@H](CC(C)C)C(=O)N[C@H](Cc1ccccc1)C(=O)c1c[nH]c2ccccc12. The van der Waals surface area contributed by atoms with Gasteiger partial charge in [-0.05, 0) is 30.4 Å². The fraction of sp³-hybridized carbons (Fsp3) is 0.321. The summed E-state index contributed by atoms with van der Waals surface area (Å²) in [6.45, 7) is 7.61. The molecule has 0 fully saturated rings. The molecule has 0 aliphatic heterocycles. The van der Waals surface area contributed by atoms with E-state index in [1.54, 1.807) is 17.8 Å². The van der Waals surface area contributed by atoms with Gasteiger partial charge in [-0.15, -0.1) is 6.58 Å². The molecule has 7 nitrogen and oxygen atoms in total. The molecule has 1 heterocycles. The molecule has 0 unspecified atom stereocenters. The van der Waals surface area contributed by atoms with E-state index in [1.807, 2.05) is 68.4 Å². The molecule has 0 radical (unpaired) electrons. The Bertz CT molecular complexity index is 1170. The van der Waals surface area contributed by atoms with Gasteiger partial charge in [0.05, 0.1) is 17.9 Å². The van der Waals surface area contributed by atoms with Crippen LogP contribution in [0.3, 0.4) is 0 Å². The van der Waals surface area contributed by atoms with Crippen LogP contribution >= 0.6 is 0 Å². The number of nitrogens with one attached hydrogen (secondary N) is 3. The summed E-state index contributed by atoms with van der Waals surface area (Å²) in [7, 11) is 0. The van der Waals surface area contributed by atoms with Crippen LogP contribution < -0.4 is 10.8 Å². The van der Waals surface area contributed by atoms with Gasteiger partial charge in [-0.25, -0.2) is 5.48 Å². The highest BCUT2D eigenvalue weighted by molar-refractivity contribution is 6.11. The van der Waals surface area contributed by atoms with Gasteiger partial charge in [0.25, 0.3) is 0 Å². The highest BCUT2D eigenvalue weighted by Gasteiger charge is 2.35. The van der Waals surface area contributed by atoms with Crippen molar-refractivity contribution in [1.29, 1.82) is 0 Å². The molecule has 2 aromatic carbocycles. The van der Waals surface area contributed by atoms with Crippen LogP contribution in [0.25, 0.3) is 10.9 Å². The van der Waals surface area contributed by atoms with E-state index < -0.39 is 29.7 Å². The van der Waals surface area contributed by atoms with Crippen LogP contribution in [-0.2, 0) is 16.0 Å². The number of hydroxylamine groups is 1. The largest absolute Gasteiger partial charge is 0.360 e. The van der Waals surface area contributed by atoms with Crippen molar-refractivity contribution in [3.63, 3.8) is 0 Å². The van der Waals surface area contributed by atoms with Crippen molar-refractivity contribution in [1.82, 2.24) is 15.8 Å². The molecule has 0 saturated carbocycles. The lowest BCUT2D eigenvalue weighted by atomic mass is 9.81. The number of amides is 2. The van der Waals surface area contributed by atoms with Gasteiger partial charge in [0.2, 0.25) is 11.8 Å². The molecular formula is C28H33N3O4. The Morgan fingerprint density at radius 2 is 1.69 bits per heavy atom. The van der Waals surface area contributed by atoms with Gasteiger partial charge in [-0.2, -0.15) is 0 Å². The van der Waals surface area contributed by atoms with Crippen LogP contribution in [-0.4, -0.2) is 33.8 Å². The van der Waals surface area contributed by atoms with Crippen LogP contribution in [0.1, 0.15) is 42.6 Å². The summed E-state index contributed by atoms with van der Waals surface area (Å²) in [4.78, 5) is 42.8. The second-order valence-corrected chi connectivity index (χ2v) is 9.21. The molecule has 7 heteroatoms. The van der Waals surface area contributed by atoms with E-state index in [0.717, 1.165) is 16.5 Å². The first-order valence-corrected chi connectivity index (χ1v) is 11.8. The average molecular weight is 476 g/mol. The predicted octanol–water partition coefficient (Wildman–Crippen LogP) is 4.44. The Morgan fingerprint density at radius 1 is 1.00 bits per heavy atom. The first-order valence-electron chi connectivity index (χ1n) is 11.8. The van der Waals surface area contributed by atoms with E-state index in [-0.39, 0.29) is 18.1 Å². The van der Waals surface area contributed by atoms with Gasteiger partial charge in [0.1, 0.15) is 0 Å². The molecule has 0 spiro atoms. The second kappa shape index (κ2) is 12.1. The molecule has 3 rings (SSSR count). The summed E-state index contributed by atoms with van der Waals surface area (Å²) >= 11 is 0. The predicted molar refractivity (Wildman–Crippen MR) is 136 cm³/mol. The van der Waals surface area contributed by atoms with Crippen molar-refractivity contribution >= 4 is 28.5 Å². The lowest BCUT2D eigenvalue weighted by molar-refractivity contribution is -0.140. The van der Waals surface area contributed by atoms with Gasteiger partial charge in [-0.3, -0.25) is 19.6 Å². The molecule has 0 saturated heterocycles. The topological polar surface area (TPSA) is 111 Å². The highest BCUT2D eigenvalue weighted by Crippen LogP contribution is 2.26. The third-order valence-corrected chi connectivity index (χ3v) is 6.19. The van der Waals surface area contributed by atoms with Crippen LogP contribution in [0.4, 0.5) is 0 Å². The number of H-pyrrole nitrogens is 1. The molecule has 1 aromatic heterocycles. The number of carbonyl (C=O) groups is 3. The van der Waals surface area contributed by atoms with Crippen molar-refractivity contribution < 1.29 is 19.6 Å². The van der Waals surface area contributed by atoms with Crippen molar-refractivity contribution in [2.24, 2.45) is 17.8 Å². The van der Waals surface area contributed by atoms with E-state index in [1.165, 1.54) is 0 Å². The summed E-state index contributed by atoms with van der Waals surface area (Å²) in [6, 6.07) is 16.2. The first-order chi connectivity index (χ1) is 16.8. The monoisotopic (exact) mass is 475 g/mol. The maximum atomic E-state index is 13.7. The number of fused-ring (bicyclic) bond motifs is 1. The van der Waals surface area contributed by atoms with E-state index >= 15 is 0 Å². The van der Waals surface area contributed by atoms with Crippen LogP contribution in [0.5, 0.6) is 0 Å². The number of hydrogen-bond acceptors (Lipinski definition) is 4. The summed E-state index contributed by atoms with van der Waals surface area (Å²) < 4.78 is 0. The zero-order valence-electron chi connectivity index (χ0n) is 20.2. The zero-order valence-corrected chi connectivity index (χ0v) is 20.2. The molecule has 4 N–H and O–H groups in total. The molecule has 0 aliphatic rings. The Labute approximate surface area is 205 Å². The van der Waals surface area contributed by atoms with E-state index in [0.29, 0.717) is 18.4 Å². The third-order valence-electron chi connectivity index (χ3n) is 6.19. The van der Waals surface area contributed by atoms with Crippen LogP contribution in [0.15, 0.2) is 73.4 Å². The number of para-hydroxylation sites is 1. The number of allylic oxidation sites excluding steroid dienone is 1. The van der Waals surface area contributed by atoms with Gasteiger partial charge < -0.3 is 10.3 Å². The maximum absolute atomic E-state index is 13.7. The minimum atomic E-state index is -0.833. The van der Waals surface area contributed by atoms with Crippen LogP contribution in [0, 0.1) is 17.8 Å². The standard InChI is InChI=1S/C28H33N3O4/c1-4-10-21(28(34)31-35)22(15-18(2)3)27(33)30-25(16-19-11-6-5-7-12-19)26(32)23-17-29-24-14-9-8-13-20(23)24/h4-9,11-14,17-18,21-22,25,29,35H,1,10,15-16H2,2-3H3,(H,30,33)(H,31,34)/t21-,22+,25+/m0/s1. The summed E-state index contributed by atoms with van der Waals surface area (Å²) in [5.74, 6) is -2.69. The summed E-state index contributed by atoms with van der Waals surface area (Å²) in [5.41, 5.74) is 3.92. The molecular weight excluding hydrogens is 442 g/mol. The number of ketones is 1. The van der Waals surface area contributed by atoms with Gasteiger partial charge in [0, 0.05) is 29.1 Å².